The SMILES string of the molecule is CCCCCCOc1ccc(C(=O)NC(=S)NNC(=O)COc2ccccc2C(C)C)cc1Br. The number of hydrogen-bond donors (Lipinski definition) is 3. The highest BCUT2D eigenvalue weighted by atomic mass is 79.9. The number of rotatable bonds is 11. The fourth-order valence-electron chi connectivity index (χ4n) is 3.07. The van der Waals surface area contributed by atoms with Crippen molar-refractivity contribution >= 4 is 45.1 Å². The molecule has 34 heavy (non-hydrogen) atoms. The maximum absolute atomic E-state index is 12.5. The van der Waals surface area contributed by atoms with Gasteiger partial charge in [0.2, 0.25) is 0 Å². The number of halogens is 1. The predicted molar refractivity (Wildman–Crippen MR) is 141 cm³/mol. The van der Waals surface area contributed by atoms with Gasteiger partial charge in [0, 0.05) is 5.56 Å². The van der Waals surface area contributed by atoms with Gasteiger partial charge in [-0.05, 0) is 70.3 Å². The molecule has 7 nitrogen and oxygen atoms in total. The van der Waals surface area contributed by atoms with Crippen LogP contribution >= 0.6 is 28.1 Å². The van der Waals surface area contributed by atoms with E-state index >= 15 is 0 Å². The molecule has 0 heterocycles. The second-order valence-corrected chi connectivity index (χ2v) is 9.25. The van der Waals surface area contributed by atoms with Crippen molar-refractivity contribution in [3.63, 3.8) is 0 Å². The van der Waals surface area contributed by atoms with Crippen LogP contribution in [-0.4, -0.2) is 30.1 Å². The zero-order valence-electron chi connectivity index (χ0n) is 19.8. The predicted octanol–water partition coefficient (Wildman–Crippen LogP) is 5.25. The summed E-state index contributed by atoms with van der Waals surface area (Å²) in [6.45, 7) is 6.71. The quantitative estimate of drug-likeness (QED) is 0.201. The summed E-state index contributed by atoms with van der Waals surface area (Å²) < 4.78 is 12.1. The van der Waals surface area contributed by atoms with E-state index in [9.17, 15) is 9.59 Å². The average molecular weight is 551 g/mol. The second-order valence-electron chi connectivity index (χ2n) is 7.99. The Balaban J connectivity index is 1.76. The van der Waals surface area contributed by atoms with Gasteiger partial charge in [-0.2, -0.15) is 0 Å². The first-order valence-electron chi connectivity index (χ1n) is 11.4. The Morgan fingerprint density at radius 1 is 1.00 bits per heavy atom. The molecule has 0 bridgehead atoms. The smallest absolute Gasteiger partial charge is 0.276 e. The number of nitrogens with one attached hydrogen (secondary N) is 3. The Morgan fingerprint density at radius 3 is 2.47 bits per heavy atom. The third-order valence-electron chi connectivity index (χ3n) is 4.89. The molecule has 3 N–H and O–H groups in total. The molecule has 0 saturated carbocycles. The Morgan fingerprint density at radius 2 is 1.76 bits per heavy atom. The lowest BCUT2D eigenvalue weighted by molar-refractivity contribution is -0.123. The Hall–Kier alpha value is -2.65. The summed E-state index contributed by atoms with van der Waals surface area (Å²) in [5.41, 5.74) is 6.34. The fourth-order valence-corrected chi connectivity index (χ4v) is 3.71. The van der Waals surface area contributed by atoms with E-state index in [-0.39, 0.29) is 17.6 Å². The molecular formula is C25H32BrN3O4S. The number of ether oxygens (including phenoxy) is 2. The van der Waals surface area contributed by atoms with E-state index in [2.05, 4.69) is 52.9 Å². The highest BCUT2D eigenvalue weighted by Crippen LogP contribution is 2.27. The first kappa shape index (κ1) is 27.6. The topological polar surface area (TPSA) is 88.7 Å². The minimum absolute atomic E-state index is 0.0340. The highest BCUT2D eigenvalue weighted by molar-refractivity contribution is 9.10. The number of benzene rings is 2. The molecule has 0 aliphatic rings. The summed E-state index contributed by atoms with van der Waals surface area (Å²) in [4.78, 5) is 24.6. The molecular weight excluding hydrogens is 518 g/mol. The Kier molecular flexibility index (Phi) is 11.8. The lowest BCUT2D eigenvalue weighted by Gasteiger charge is -2.14. The molecule has 0 saturated heterocycles. The van der Waals surface area contributed by atoms with Crippen LogP contribution in [0.15, 0.2) is 46.9 Å². The van der Waals surface area contributed by atoms with Crippen molar-refractivity contribution in [3.05, 3.63) is 58.1 Å². The first-order valence-corrected chi connectivity index (χ1v) is 12.6. The minimum Gasteiger partial charge on any atom is -0.492 e. The van der Waals surface area contributed by atoms with Crippen molar-refractivity contribution < 1.29 is 19.1 Å². The van der Waals surface area contributed by atoms with Crippen LogP contribution < -0.4 is 25.6 Å². The molecule has 2 aromatic rings. The summed E-state index contributed by atoms with van der Waals surface area (Å²) in [6, 6.07) is 12.6. The van der Waals surface area contributed by atoms with Crippen LogP contribution in [0.25, 0.3) is 0 Å². The van der Waals surface area contributed by atoms with Gasteiger partial charge in [-0.15, -0.1) is 0 Å². The van der Waals surface area contributed by atoms with E-state index in [1.807, 2.05) is 24.3 Å². The van der Waals surface area contributed by atoms with Gasteiger partial charge < -0.3 is 9.47 Å². The van der Waals surface area contributed by atoms with E-state index in [0.717, 1.165) is 18.4 Å². The number of thiocarbonyl (C=S) groups is 1. The maximum atomic E-state index is 12.5. The van der Waals surface area contributed by atoms with Crippen molar-refractivity contribution in [1.82, 2.24) is 16.2 Å². The van der Waals surface area contributed by atoms with Crippen LogP contribution in [0.2, 0.25) is 0 Å². The van der Waals surface area contributed by atoms with Crippen molar-refractivity contribution in [1.29, 1.82) is 0 Å². The van der Waals surface area contributed by atoms with Crippen LogP contribution in [0.1, 0.15) is 68.3 Å². The molecule has 2 aromatic carbocycles. The largest absolute Gasteiger partial charge is 0.492 e. The van der Waals surface area contributed by atoms with Crippen molar-refractivity contribution in [2.75, 3.05) is 13.2 Å². The zero-order chi connectivity index (χ0) is 24.9. The summed E-state index contributed by atoms with van der Waals surface area (Å²) >= 11 is 8.54. The van der Waals surface area contributed by atoms with Gasteiger partial charge in [0.05, 0.1) is 11.1 Å². The standard InChI is InChI=1S/C25H32BrN3O4S/c1-4-5-6-9-14-32-22-13-12-18(15-20(22)26)24(31)27-25(34)29-28-23(30)16-33-21-11-8-7-10-19(21)17(2)3/h7-8,10-13,15,17H,4-6,9,14,16H2,1-3H3,(H,28,30)(H2,27,29,31,34). The van der Waals surface area contributed by atoms with E-state index in [0.29, 0.717) is 28.1 Å². The van der Waals surface area contributed by atoms with Crippen LogP contribution in [0.5, 0.6) is 11.5 Å². The highest BCUT2D eigenvalue weighted by Gasteiger charge is 2.13. The summed E-state index contributed by atoms with van der Waals surface area (Å²) in [6.07, 6.45) is 4.49. The number of hydrogen-bond acceptors (Lipinski definition) is 5. The molecule has 0 spiro atoms. The zero-order valence-corrected chi connectivity index (χ0v) is 22.2. The molecule has 0 radical (unpaired) electrons. The number of unbranched alkanes of at least 4 members (excludes halogenated alkanes) is 3. The number of para-hydroxylation sites is 1. The molecule has 2 rings (SSSR count). The molecule has 0 fully saturated rings. The third kappa shape index (κ3) is 9.30. The summed E-state index contributed by atoms with van der Waals surface area (Å²) in [5, 5.41) is 2.49. The molecule has 0 aliphatic heterocycles. The Labute approximate surface area is 215 Å². The van der Waals surface area contributed by atoms with Gasteiger partial charge >= 0.3 is 0 Å². The second kappa shape index (κ2) is 14.6. The molecule has 0 aromatic heterocycles. The molecule has 2 amide bonds. The van der Waals surface area contributed by atoms with Gasteiger partial charge in [-0.25, -0.2) is 0 Å². The van der Waals surface area contributed by atoms with Crippen LogP contribution in [0.3, 0.4) is 0 Å². The monoisotopic (exact) mass is 549 g/mol. The van der Waals surface area contributed by atoms with Gasteiger partial charge in [-0.3, -0.25) is 25.8 Å². The molecule has 0 unspecified atom stereocenters. The van der Waals surface area contributed by atoms with Crippen LogP contribution in [-0.2, 0) is 4.79 Å². The average Bonchev–Trinajstić information content (AvgIpc) is 2.82. The van der Waals surface area contributed by atoms with Crippen molar-refractivity contribution in [2.24, 2.45) is 0 Å². The maximum Gasteiger partial charge on any atom is 0.276 e. The summed E-state index contributed by atoms with van der Waals surface area (Å²) in [5.74, 6) is 0.761. The summed E-state index contributed by atoms with van der Waals surface area (Å²) in [7, 11) is 0. The van der Waals surface area contributed by atoms with E-state index < -0.39 is 11.8 Å². The third-order valence-corrected chi connectivity index (χ3v) is 5.72. The lowest BCUT2D eigenvalue weighted by atomic mass is 10.0. The number of carbonyl (C=O) groups excluding carboxylic acids is 2. The molecule has 184 valence electrons. The van der Waals surface area contributed by atoms with E-state index in [4.69, 9.17) is 21.7 Å². The van der Waals surface area contributed by atoms with Crippen molar-refractivity contribution in [3.8, 4) is 11.5 Å². The molecule has 0 aliphatic carbocycles. The van der Waals surface area contributed by atoms with Crippen molar-refractivity contribution in [2.45, 2.75) is 52.4 Å². The lowest BCUT2D eigenvalue weighted by Crippen LogP contribution is -2.49. The van der Waals surface area contributed by atoms with E-state index in [1.165, 1.54) is 12.8 Å². The van der Waals surface area contributed by atoms with Gasteiger partial charge in [0.25, 0.3) is 11.8 Å². The minimum atomic E-state index is -0.432. The number of amides is 2. The van der Waals surface area contributed by atoms with E-state index in [1.54, 1.807) is 18.2 Å². The molecule has 0 atom stereocenters. The normalized spacial score (nSPS) is 10.5. The first-order chi connectivity index (χ1) is 16.3. The fraction of sp³-hybridized carbons (Fsp3) is 0.400. The van der Waals surface area contributed by atoms with Crippen LogP contribution in [0.4, 0.5) is 0 Å². The van der Waals surface area contributed by atoms with Gasteiger partial charge in [0.15, 0.2) is 11.7 Å². The number of hydrazine groups is 1. The molecule has 9 heteroatoms. The van der Waals surface area contributed by atoms with Crippen LogP contribution in [0, 0.1) is 0 Å². The van der Waals surface area contributed by atoms with Gasteiger partial charge in [-0.1, -0.05) is 58.2 Å². The Bertz CT molecular complexity index is 984. The number of carbonyl (C=O) groups is 2. The van der Waals surface area contributed by atoms with Gasteiger partial charge in [0.1, 0.15) is 11.5 Å².